The fourth-order valence-electron chi connectivity index (χ4n) is 3.08. The number of benzene rings is 1. The quantitative estimate of drug-likeness (QED) is 0.821. The largest absolute Gasteiger partial charge is 0.353 e. The van der Waals surface area contributed by atoms with E-state index >= 15 is 0 Å². The van der Waals surface area contributed by atoms with Crippen LogP contribution in [0.1, 0.15) is 63.5 Å². The van der Waals surface area contributed by atoms with E-state index in [9.17, 15) is 9.59 Å². The van der Waals surface area contributed by atoms with Crippen LogP contribution in [0.25, 0.3) is 0 Å². The lowest BCUT2D eigenvalue weighted by molar-refractivity contribution is -0.123. The molecule has 2 rings (SSSR count). The molecule has 1 fully saturated rings. The summed E-state index contributed by atoms with van der Waals surface area (Å²) in [6, 6.07) is 9.70. The van der Waals surface area contributed by atoms with Gasteiger partial charge in [0, 0.05) is 13.0 Å². The fourth-order valence-corrected chi connectivity index (χ4v) is 3.08. The van der Waals surface area contributed by atoms with E-state index in [1.165, 1.54) is 32.6 Å². The van der Waals surface area contributed by atoms with Gasteiger partial charge in [-0.3, -0.25) is 9.59 Å². The molecule has 0 heterocycles. The minimum absolute atomic E-state index is 0.0227. The third-order valence-electron chi connectivity index (χ3n) is 4.19. The monoisotopic (exact) mass is 302 g/mol. The summed E-state index contributed by atoms with van der Waals surface area (Å²) in [6.45, 7) is 1.49. The van der Waals surface area contributed by atoms with Crippen LogP contribution in [0, 0.1) is 0 Å². The predicted octanol–water partition coefficient (Wildman–Crippen LogP) is 3.09. The lowest BCUT2D eigenvalue weighted by atomic mass is 10.0. The molecule has 2 N–H and O–H groups in total. The van der Waals surface area contributed by atoms with Crippen LogP contribution in [0.4, 0.5) is 0 Å². The highest BCUT2D eigenvalue weighted by Crippen LogP contribution is 2.19. The van der Waals surface area contributed by atoms with Crippen LogP contribution >= 0.6 is 0 Å². The van der Waals surface area contributed by atoms with Gasteiger partial charge < -0.3 is 10.6 Å². The Morgan fingerprint density at radius 1 is 1.09 bits per heavy atom. The number of rotatable bonds is 5. The molecule has 2 amide bonds. The van der Waals surface area contributed by atoms with Crippen molar-refractivity contribution in [1.82, 2.24) is 10.6 Å². The van der Waals surface area contributed by atoms with Crippen molar-refractivity contribution in [3.8, 4) is 0 Å². The molecule has 4 nitrogen and oxygen atoms in total. The van der Waals surface area contributed by atoms with Gasteiger partial charge in [-0.15, -0.1) is 0 Å². The molecule has 4 heteroatoms. The summed E-state index contributed by atoms with van der Waals surface area (Å²) in [6.07, 6.45) is 7.36. The van der Waals surface area contributed by atoms with Crippen LogP contribution in [-0.2, 0) is 9.59 Å². The smallest absolute Gasteiger partial charge is 0.222 e. The Balaban J connectivity index is 1.94. The lowest BCUT2D eigenvalue weighted by Crippen LogP contribution is -2.37. The van der Waals surface area contributed by atoms with Gasteiger partial charge in [0.25, 0.3) is 0 Å². The maximum absolute atomic E-state index is 12.3. The molecule has 22 heavy (non-hydrogen) atoms. The van der Waals surface area contributed by atoms with E-state index < -0.39 is 0 Å². The van der Waals surface area contributed by atoms with E-state index in [1.807, 2.05) is 30.3 Å². The normalized spacial score (nSPS) is 17.3. The van der Waals surface area contributed by atoms with Crippen molar-refractivity contribution in [3.05, 3.63) is 35.9 Å². The zero-order valence-corrected chi connectivity index (χ0v) is 13.3. The molecule has 0 unspecified atom stereocenters. The molecule has 0 aromatic heterocycles. The van der Waals surface area contributed by atoms with Crippen LogP contribution in [-0.4, -0.2) is 17.9 Å². The van der Waals surface area contributed by atoms with E-state index in [0.717, 1.165) is 18.4 Å². The van der Waals surface area contributed by atoms with Gasteiger partial charge in [-0.25, -0.2) is 0 Å². The first-order valence-corrected chi connectivity index (χ1v) is 8.26. The number of amides is 2. The highest BCUT2D eigenvalue weighted by molar-refractivity contribution is 5.79. The van der Waals surface area contributed by atoms with Gasteiger partial charge in [-0.05, 0) is 18.4 Å². The van der Waals surface area contributed by atoms with E-state index in [-0.39, 0.29) is 17.9 Å². The molecule has 1 saturated carbocycles. The Bertz CT molecular complexity index is 479. The summed E-state index contributed by atoms with van der Waals surface area (Å²) in [7, 11) is 0. The van der Waals surface area contributed by atoms with Gasteiger partial charge in [0.2, 0.25) is 11.8 Å². The maximum atomic E-state index is 12.3. The van der Waals surface area contributed by atoms with Crippen molar-refractivity contribution in [2.45, 2.75) is 64.0 Å². The van der Waals surface area contributed by atoms with Crippen molar-refractivity contribution in [2.75, 3.05) is 0 Å². The second kappa shape index (κ2) is 8.57. The summed E-state index contributed by atoms with van der Waals surface area (Å²) in [5.74, 6) is -0.0920. The number of nitrogens with one attached hydrogen (secondary N) is 2. The lowest BCUT2D eigenvalue weighted by Gasteiger charge is -2.21. The Kier molecular flexibility index (Phi) is 6.44. The number of carbonyl (C=O) groups is 2. The highest BCUT2D eigenvalue weighted by Gasteiger charge is 2.20. The SMILES string of the molecule is CC(=O)N[C@H](CC(=O)NC1CCCCCC1)c1ccccc1. The topological polar surface area (TPSA) is 58.2 Å². The summed E-state index contributed by atoms with van der Waals surface area (Å²) >= 11 is 0. The van der Waals surface area contributed by atoms with E-state index in [1.54, 1.807) is 0 Å². The predicted molar refractivity (Wildman–Crippen MR) is 87.2 cm³/mol. The molecule has 0 aliphatic heterocycles. The van der Waals surface area contributed by atoms with E-state index in [0.29, 0.717) is 12.5 Å². The van der Waals surface area contributed by atoms with Gasteiger partial charge >= 0.3 is 0 Å². The van der Waals surface area contributed by atoms with Crippen LogP contribution in [0.5, 0.6) is 0 Å². The van der Waals surface area contributed by atoms with Crippen LogP contribution in [0.15, 0.2) is 30.3 Å². The maximum Gasteiger partial charge on any atom is 0.222 e. The Hall–Kier alpha value is -1.84. The van der Waals surface area contributed by atoms with Crippen LogP contribution < -0.4 is 10.6 Å². The zero-order chi connectivity index (χ0) is 15.8. The molecule has 0 spiro atoms. The molecule has 0 radical (unpaired) electrons. The van der Waals surface area contributed by atoms with Crippen molar-refractivity contribution < 1.29 is 9.59 Å². The molecular weight excluding hydrogens is 276 g/mol. The number of carbonyl (C=O) groups excluding carboxylic acids is 2. The number of hydrogen-bond acceptors (Lipinski definition) is 2. The van der Waals surface area contributed by atoms with Crippen LogP contribution in [0.3, 0.4) is 0 Å². The number of hydrogen-bond donors (Lipinski definition) is 2. The van der Waals surface area contributed by atoms with Gasteiger partial charge in [-0.2, -0.15) is 0 Å². The third kappa shape index (κ3) is 5.51. The molecule has 1 aromatic rings. The molecule has 1 aliphatic rings. The molecule has 0 saturated heterocycles. The Morgan fingerprint density at radius 2 is 1.73 bits per heavy atom. The molecule has 0 bridgehead atoms. The first-order chi connectivity index (χ1) is 10.6. The molecule has 1 aromatic carbocycles. The van der Waals surface area contributed by atoms with E-state index in [2.05, 4.69) is 10.6 Å². The van der Waals surface area contributed by atoms with Gasteiger partial charge in [0.15, 0.2) is 0 Å². The van der Waals surface area contributed by atoms with Gasteiger partial charge in [0.05, 0.1) is 12.5 Å². The van der Waals surface area contributed by atoms with Crippen molar-refractivity contribution >= 4 is 11.8 Å². The standard InChI is InChI=1S/C18H26N2O2/c1-14(21)19-17(15-9-5-4-6-10-15)13-18(22)20-16-11-7-2-3-8-12-16/h4-6,9-10,16-17H,2-3,7-8,11-13H2,1H3,(H,19,21)(H,20,22)/t17-/m1/s1. The van der Waals surface area contributed by atoms with Gasteiger partial charge in [-0.1, -0.05) is 56.0 Å². The highest BCUT2D eigenvalue weighted by atomic mass is 16.2. The van der Waals surface area contributed by atoms with Crippen molar-refractivity contribution in [3.63, 3.8) is 0 Å². The fraction of sp³-hybridized carbons (Fsp3) is 0.556. The Morgan fingerprint density at radius 3 is 2.32 bits per heavy atom. The molecule has 120 valence electrons. The first-order valence-electron chi connectivity index (χ1n) is 8.26. The Labute approximate surface area is 132 Å². The first kappa shape index (κ1) is 16.5. The van der Waals surface area contributed by atoms with Gasteiger partial charge in [0.1, 0.15) is 0 Å². The second-order valence-corrected chi connectivity index (χ2v) is 6.12. The summed E-state index contributed by atoms with van der Waals surface area (Å²) in [5, 5.41) is 6.02. The average molecular weight is 302 g/mol. The molecular formula is C18H26N2O2. The molecule has 1 atom stereocenters. The summed E-state index contributed by atoms with van der Waals surface area (Å²) in [5.41, 5.74) is 0.966. The third-order valence-corrected chi connectivity index (χ3v) is 4.19. The van der Waals surface area contributed by atoms with E-state index in [4.69, 9.17) is 0 Å². The van der Waals surface area contributed by atoms with Crippen molar-refractivity contribution in [2.24, 2.45) is 0 Å². The zero-order valence-electron chi connectivity index (χ0n) is 13.3. The molecule has 1 aliphatic carbocycles. The van der Waals surface area contributed by atoms with Crippen LogP contribution in [0.2, 0.25) is 0 Å². The van der Waals surface area contributed by atoms with Crippen molar-refractivity contribution in [1.29, 1.82) is 0 Å². The minimum atomic E-state index is -0.260. The second-order valence-electron chi connectivity index (χ2n) is 6.12. The minimum Gasteiger partial charge on any atom is -0.353 e. The summed E-state index contributed by atoms with van der Waals surface area (Å²) < 4.78 is 0. The average Bonchev–Trinajstić information content (AvgIpc) is 2.75. The summed E-state index contributed by atoms with van der Waals surface area (Å²) in [4.78, 5) is 23.7.